The number of rotatable bonds is 9. The summed E-state index contributed by atoms with van der Waals surface area (Å²) in [6, 6.07) is 5.83. The van der Waals surface area contributed by atoms with E-state index in [0.717, 1.165) is 48.8 Å². The minimum atomic E-state index is -0.825. The molecule has 2 rings (SSSR count). The highest BCUT2D eigenvalue weighted by Gasteiger charge is 2.20. The van der Waals surface area contributed by atoms with Gasteiger partial charge in [-0.1, -0.05) is 0 Å². The second-order valence-electron chi connectivity index (χ2n) is 5.21. The van der Waals surface area contributed by atoms with Gasteiger partial charge in [0.25, 0.3) is 11.4 Å². The summed E-state index contributed by atoms with van der Waals surface area (Å²) in [7, 11) is 0. The number of nitro groups is 4. The average molecular weight is 418 g/mol. The zero-order chi connectivity index (χ0) is 22.3. The molecule has 0 unspecified atom stereocenters. The Morgan fingerprint density at radius 3 is 1.30 bits per heavy atom. The third-order valence-corrected chi connectivity index (χ3v) is 3.36. The van der Waals surface area contributed by atoms with E-state index in [1.54, 1.807) is 0 Å². The summed E-state index contributed by atoms with van der Waals surface area (Å²) in [6.07, 6.45) is 2.07. The Bertz CT molecular complexity index is 998. The Hall–Kier alpha value is -5.02. The molecule has 154 valence electrons. The van der Waals surface area contributed by atoms with Crippen LogP contribution < -0.4 is 10.9 Å². The molecule has 0 fully saturated rings. The molecule has 2 N–H and O–H groups in total. The third kappa shape index (κ3) is 5.25. The van der Waals surface area contributed by atoms with Gasteiger partial charge in [0.2, 0.25) is 0 Å². The molecule has 16 nitrogen and oxygen atoms in total. The number of nitrogens with zero attached hydrogens (tertiary/aromatic N) is 6. The van der Waals surface area contributed by atoms with Crippen molar-refractivity contribution >= 4 is 46.6 Å². The highest BCUT2D eigenvalue weighted by Crippen LogP contribution is 2.29. The predicted molar refractivity (Wildman–Crippen MR) is 104 cm³/mol. The summed E-state index contributed by atoms with van der Waals surface area (Å²) < 4.78 is 0. The third-order valence-electron chi connectivity index (χ3n) is 3.36. The van der Waals surface area contributed by atoms with Crippen molar-refractivity contribution in [2.75, 3.05) is 10.9 Å². The Balaban J connectivity index is 2.07. The molecule has 0 atom stereocenters. The first-order valence-electron chi connectivity index (χ1n) is 7.63. The number of nitrogens with one attached hydrogen (secondary N) is 2. The lowest BCUT2D eigenvalue weighted by atomic mass is 10.2. The zero-order valence-corrected chi connectivity index (χ0v) is 14.6. The highest BCUT2D eigenvalue weighted by atomic mass is 16.6. The van der Waals surface area contributed by atoms with Gasteiger partial charge in [-0.3, -0.25) is 51.3 Å². The van der Waals surface area contributed by atoms with E-state index in [-0.39, 0.29) is 11.4 Å². The van der Waals surface area contributed by atoms with Gasteiger partial charge in [-0.25, -0.2) is 0 Å². The van der Waals surface area contributed by atoms with Gasteiger partial charge in [-0.2, -0.15) is 10.2 Å². The van der Waals surface area contributed by atoms with Crippen LogP contribution >= 0.6 is 0 Å². The molecule has 0 radical (unpaired) electrons. The number of nitro benzene ring substituents is 4. The van der Waals surface area contributed by atoms with Crippen LogP contribution in [0.3, 0.4) is 0 Å². The molecule has 0 spiro atoms. The van der Waals surface area contributed by atoms with Gasteiger partial charge in [0.05, 0.1) is 44.3 Å². The van der Waals surface area contributed by atoms with Gasteiger partial charge in [-0.15, -0.1) is 0 Å². The standard InChI is InChI=1S/C14H10N8O8/c23-19(24)9-1-3-11(13(7-9)21(27)28)17-15-5-6-16-18-12-4-2-10(20(25)26)8-14(12)22(29)30/h1-8,17-18H/b15-5+,16-6+. The van der Waals surface area contributed by atoms with Crippen LogP contribution in [-0.4, -0.2) is 32.1 Å². The van der Waals surface area contributed by atoms with Crippen LogP contribution in [0.25, 0.3) is 0 Å². The molecular formula is C14H10N8O8. The van der Waals surface area contributed by atoms with Crippen molar-refractivity contribution in [3.05, 3.63) is 76.9 Å². The molecule has 0 aliphatic heterocycles. The molecule has 2 aromatic carbocycles. The number of hydrogen-bond acceptors (Lipinski definition) is 12. The molecule has 0 bridgehead atoms. The van der Waals surface area contributed by atoms with Gasteiger partial charge in [0.1, 0.15) is 11.4 Å². The lowest BCUT2D eigenvalue weighted by molar-refractivity contribution is -0.393. The van der Waals surface area contributed by atoms with Crippen LogP contribution in [0.1, 0.15) is 0 Å². The summed E-state index contributed by atoms with van der Waals surface area (Å²) >= 11 is 0. The summed E-state index contributed by atoms with van der Waals surface area (Å²) in [5, 5.41) is 50.6. The molecule has 0 saturated heterocycles. The smallest absolute Gasteiger partial charge is 0.272 e. The van der Waals surface area contributed by atoms with E-state index in [2.05, 4.69) is 21.1 Å². The maximum absolute atomic E-state index is 11.0. The lowest BCUT2D eigenvalue weighted by Gasteiger charge is -2.02. The quantitative estimate of drug-likeness (QED) is 0.344. The summed E-state index contributed by atoms with van der Waals surface area (Å²) in [5.41, 5.74) is 2.32. The molecule has 0 aliphatic carbocycles. The van der Waals surface area contributed by atoms with Crippen LogP contribution in [0.15, 0.2) is 46.6 Å². The molecule has 0 amide bonds. The topological polar surface area (TPSA) is 221 Å². The molecule has 0 saturated carbocycles. The Morgan fingerprint density at radius 1 is 0.633 bits per heavy atom. The van der Waals surface area contributed by atoms with Crippen LogP contribution in [-0.2, 0) is 0 Å². The fourth-order valence-electron chi connectivity index (χ4n) is 2.04. The Morgan fingerprint density at radius 2 is 1.00 bits per heavy atom. The normalized spacial score (nSPS) is 10.8. The Labute approximate surface area is 165 Å². The summed E-state index contributed by atoms with van der Waals surface area (Å²) in [4.78, 5) is 40.2. The summed E-state index contributed by atoms with van der Waals surface area (Å²) in [5.74, 6) is 0. The van der Waals surface area contributed by atoms with Gasteiger partial charge in [0.15, 0.2) is 0 Å². The van der Waals surface area contributed by atoms with Gasteiger partial charge < -0.3 is 0 Å². The fraction of sp³-hybridized carbons (Fsp3) is 0. The molecule has 2 aromatic rings. The van der Waals surface area contributed by atoms with E-state index in [1.807, 2.05) is 0 Å². The Kier molecular flexibility index (Phi) is 6.57. The number of anilines is 2. The fourth-order valence-corrected chi connectivity index (χ4v) is 2.04. The van der Waals surface area contributed by atoms with E-state index in [0.29, 0.717) is 0 Å². The van der Waals surface area contributed by atoms with Crippen molar-refractivity contribution in [2.24, 2.45) is 10.2 Å². The highest BCUT2D eigenvalue weighted by molar-refractivity contribution is 6.16. The average Bonchev–Trinajstić information content (AvgIpc) is 2.70. The molecule has 0 aromatic heterocycles. The number of benzene rings is 2. The van der Waals surface area contributed by atoms with E-state index < -0.39 is 42.4 Å². The maximum Gasteiger partial charge on any atom is 0.301 e. The molecular weight excluding hydrogens is 408 g/mol. The summed E-state index contributed by atoms with van der Waals surface area (Å²) in [6.45, 7) is 0. The van der Waals surface area contributed by atoms with Crippen molar-refractivity contribution in [1.82, 2.24) is 0 Å². The zero-order valence-electron chi connectivity index (χ0n) is 14.6. The van der Waals surface area contributed by atoms with Gasteiger partial charge >= 0.3 is 11.4 Å². The first-order valence-corrected chi connectivity index (χ1v) is 7.63. The second-order valence-corrected chi connectivity index (χ2v) is 5.21. The largest absolute Gasteiger partial charge is 0.301 e. The van der Waals surface area contributed by atoms with Crippen molar-refractivity contribution in [1.29, 1.82) is 0 Å². The maximum atomic E-state index is 11.0. The van der Waals surface area contributed by atoms with E-state index >= 15 is 0 Å². The predicted octanol–water partition coefficient (Wildman–Crippen LogP) is 2.82. The monoisotopic (exact) mass is 418 g/mol. The second kappa shape index (κ2) is 9.26. The number of non-ortho nitro benzene ring substituents is 2. The van der Waals surface area contributed by atoms with Crippen molar-refractivity contribution in [3.8, 4) is 0 Å². The van der Waals surface area contributed by atoms with Crippen molar-refractivity contribution in [3.63, 3.8) is 0 Å². The molecule has 0 aliphatic rings. The van der Waals surface area contributed by atoms with Crippen LogP contribution in [0.4, 0.5) is 34.1 Å². The minimum absolute atomic E-state index is 0.116. The van der Waals surface area contributed by atoms with E-state index in [9.17, 15) is 40.5 Å². The van der Waals surface area contributed by atoms with Crippen LogP contribution in [0, 0.1) is 40.5 Å². The van der Waals surface area contributed by atoms with Gasteiger partial charge in [-0.05, 0) is 12.1 Å². The van der Waals surface area contributed by atoms with E-state index in [1.165, 1.54) is 0 Å². The van der Waals surface area contributed by atoms with Crippen molar-refractivity contribution < 1.29 is 19.7 Å². The lowest BCUT2D eigenvalue weighted by Crippen LogP contribution is -2.00. The molecule has 16 heteroatoms. The first-order chi connectivity index (χ1) is 14.2. The van der Waals surface area contributed by atoms with Gasteiger partial charge in [0, 0.05) is 12.1 Å². The van der Waals surface area contributed by atoms with E-state index in [4.69, 9.17) is 0 Å². The SMILES string of the molecule is O=[N+]([O-])c1ccc(N/N=C/C=N/Nc2ccc([N+](=O)[O-])cc2[N+](=O)[O-])c([N+](=O)[O-])c1. The first kappa shape index (κ1) is 21.3. The van der Waals surface area contributed by atoms with Crippen molar-refractivity contribution in [2.45, 2.75) is 0 Å². The number of hydrogen-bond donors (Lipinski definition) is 2. The molecule has 0 heterocycles. The number of hydrazone groups is 2. The van der Waals surface area contributed by atoms with Crippen LogP contribution in [0.5, 0.6) is 0 Å². The van der Waals surface area contributed by atoms with Crippen LogP contribution in [0.2, 0.25) is 0 Å². The molecule has 30 heavy (non-hydrogen) atoms. The minimum Gasteiger partial charge on any atom is -0.272 e.